The molecule has 1 atom stereocenters. The van der Waals surface area contributed by atoms with Crippen LogP contribution in [0.2, 0.25) is 0 Å². The van der Waals surface area contributed by atoms with Crippen LogP contribution in [0.5, 0.6) is 0 Å². The van der Waals surface area contributed by atoms with Crippen LogP contribution in [0.25, 0.3) is 0 Å². The zero-order chi connectivity index (χ0) is 17.3. The predicted molar refractivity (Wildman–Crippen MR) is 103 cm³/mol. The summed E-state index contributed by atoms with van der Waals surface area (Å²) in [4.78, 5) is 0. The van der Waals surface area contributed by atoms with Gasteiger partial charge in [0.15, 0.2) is 0 Å². The van der Waals surface area contributed by atoms with Crippen LogP contribution >= 0.6 is 0 Å². The Kier molecular flexibility index (Phi) is 6.00. The average Bonchev–Trinajstić information content (AvgIpc) is 2.67. The molecule has 0 aliphatic rings. The van der Waals surface area contributed by atoms with Crippen LogP contribution in [-0.2, 0) is 6.42 Å². The third-order valence-electron chi connectivity index (χ3n) is 4.12. The Balaban J connectivity index is 1.67. The Labute approximate surface area is 148 Å². The minimum absolute atomic E-state index is 0.152. The van der Waals surface area contributed by atoms with Crippen LogP contribution in [-0.4, -0.2) is 0 Å². The summed E-state index contributed by atoms with van der Waals surface area (Å²) in [5.74, 6) is -0.218. The van der Waals surface area contributed by atoms with Gasteiger partial charge >= 0.3 is 0 Å². The lowest BCUT2D eigenvalue weighted by atomic mass is 10.0. The SMILES string of the molecule is Fc1ccc(NC(C/C=C/Cc2ccccc2)c2ccccc2)cc1. The van der Waals surface area contributed by atoms with E-state index >= 15 is 0 Å². The van der Waals surface area contributed by atoms with Gasteiger partial charge in [-0.3, -0.25) is 0 Å². The minimum atomic E-state index is -0.218. The molecule has 0 radical (unpaired) electrons. The first-order valence-corrected chi connectivity index (χ1v) is 8.57. The molecule has 0 spiro atoms. The summed E-state index contributed by atoms with van der Waals surface area (Å²) in [5.41, 5.74) is 3.45. The first-order valence-electron chi connectivity index (χ1n) is 8.57. The Bertz CT molecular complexity index is 779. The highest BCUT2D eigenvalue weighted by atomic mass is 19.1. The summed E-state index contributed by atoms with van der Waals surface area (Å²) in [6, 6.07) is 27.4. The van der Waals surface area contributed by atoms with Crippen LogP contribution in [0.4, 0.5) is 10.1 Å². The molecule has 0 aliphatic carbocycles. The molecule has 126 valence electrons. The molecule has 0 fully saturated rings. The van der Waals surface area contributed by atoms with Crippen LogP contribution in [0, 0.1) is 5.82 Å². The van der Waals surface area contributed by atoms with Crippen molar-refractivity contribution in [3.05, 3.63) is 114 Å². The standard InChI is InChI=1S/C23H22FN/c24-21-15-17-22(18-16-21)25-23(20-12-5-2-6-13-20)14-8-7-11-19-9-3-1-4-10-19/h1-10,12-13,15-18,23,25H,11,14H2/b8-7+. The van der Waals surface area contributed by atoms with Gasteiger partial charge in [-0.05, 0) is 48.2 Å². The van der Waals surface area contributed by atoms with Gasteiger partial charge in [0, 0.05) is 5.69 Å². The van der Waals surface area contributed by atoms with E-state index in [9.17, 15) is 4.39 Å². The molecule has 3 rings (SSSR count). The van der Waals surface area contributed by atoms with E-state index in [0.717, 1.165) is 18.5 Å². The third kappa shape index (κ3) is 5.32. The van der Waals surface area contributed by atoms with Crippen molar-refractivity contribution in [1.29, 1.82) is 0 Å². The number of benzene rings is 3. The Morgan fingerprint density at radius 1 is 0.760 bits per heavy atom. The van der Waals surface area contributed by atoms with Crippen molar-refractivity contribution in [2.75, 3.05) is 5.32 Å². The molecule has 1 unspecified atom stereocenters. The van der Waals surface area contributed by atoms with E-state index in [1.54, 1.807) is 12.1 Å². The van der Waals surface area contributed by atoms with Gasteiger partial charge in [0.1, 0.15) is 5.82 Å². The molecule has 0 heterocycles. The molecule has 25 heavy (non-hydrogen) atoms. The molecule has 0 saturated carbocycles. The van der Waals surface area contributed by atoms with E-state index in [1.807, 2.05) is 24.3 Å². The molecule has 0 amide bonds. The maximum Gasteiger partial charge on any atom is 0.123 e. The zero-order valence-electron chi connectivity index (χ0n) is 14.1. The first kappa shape index (κ1) is 17.0. The molecule has 1 nitrogen and oxygen atoms in total. The highest BCUT2D eigenvalue weighted by Crippen LogP contribution is 2.23. The van der Waals surface area contributed by atoms with E-state index in [1.165, 1.54) is 23.3 Å². The van der Waals surface area contributed by atoms with E-state index < -0.39 is 0 Å². The quantitative estimate of drug-likeness (QED) is 0.511. The van der Waals surface area contributed by atoms with E-state index in [2.05, 4.69) is 53.9 Å². The Morgan fingerprint density at radius 3 is 2.08 bits per heavy atom. The Morgan fingerprint density at radius 2 is 1.40 bits per heavy atom. The number of rotatable bonds is 7. The van der Waals surface area contributed by atoms with Crippen LogP contribution in [0.15, 0.2) is 97.1 Å². The summed E-state index contributed by atoms with van der Waals surface area (Å²) in [6.45, 7) is 0. The van der Waals surface area contributed by atoms with Crippen molar-refractivity contribution < 1.29 is 4.39 Å². The van der Waals surface area contributed by atoms with Gasteiger partial charge in [-0.1, -0.05) is 72.8 Å². The summed E-state index contributed by atoms with van der Waals surface area (Å²) < 4.78 is 13.1. The number of hydrogen-bond donors (Lipinski definition) is 1. The van der Waals surface area contributed by atoms with Gasteiger partial charge in [-0.2, -0.15) is 0 Å². The van der Waals surface area contributed by atoms with Crippen molar-refractivity contribution in [3.63, 3.8) is 0 Å². The molecule has 0 aromatic heterocycles. The first-order chi connectivity index (χ1) is 12.3. The average molecular weight is 331 g/mol. The van der Waals surface area contributed by atoms with Gasteiger partial charge < -0.3 is 5.32 Å². The number of halogens is 1. The van der Waals surface area contributed by atoms with Crippen molar-refractivity contribution in [2.24, 2.45) is 0 Å². The zero-order valence-corrected chi connectivity index (χ0v) is 14.1. The van der Waals surface area contributed by atoms with Crippen molar-refractivity contribution >= 4 is 5.69 Å². The molecule has 0 bridgehead atoms. The van der Waals surface area contributed by atoms with E-state index in [-0.39, 0.29) is 11.9 Å². The molecule has 1 N–H and O–H groups in total. The minimum Gasteiger partial charge on any atom is -0.378 e. The fraction of sp³-hybridized carbons (Fsp3) is 0.130. The van der Waals surface area contributed by atoms with Gasteiger partial charge in [-0.25, -0.2) is 4.39 Å². The fourth-order valence-electron chi connectivity index (χ4n) is 2.78. The summed E-state index contributed by atoms with van der Waals surface area (Å²) in [6.07, 6.45) is 6.21. The van der Waals surface area contributed by atoms with Gasteiger partial charge in [0.25, 0.3) is 0 Å². The lowest BCUT2D eigenvalue weighted by molar-refractivity contribution is 0.628. The van der Waals surface area contributed by atoms with E-state index in [0.29, 0.717) is 0 Å². The molecule has 2 heteroatoms. The largest absolute Gasteiger partial charge is 0.378 e. The normalized spacial score (nSPS) is 12.2. The highest BCUT2D eigenvalue weighted by molar-refractivity contribution is 5.45. The molecule has 0 saturated heterocycles. The van der Waals surface area contributed by atoms with Crippen LogP contribution in [0.1, 0.15) is 23.6 Å². The highest BCUT2D eigenvalue weighted by Gasteiger charge is 2.09. The summed E-state index contributed by atoms with van der Waals surface area (Å²) >= 11 is 0. The third-order valence-corrected chi connectivity index (χ3v) is 4.12. The second-order valence-electron chi connectivity index (χ2n) is 6.01. The van der Waals surface area contributed by atoms with E-state index in [4.69, 9.17) is 0 Å². The number of hydrogen-bond acceptors (Lipinski definition) is 1. The van der Waals surface area contributed by atoms with Gasteiger partial charge in [0.05, 0.1) is 6.04 Å². The van der Waals surface area contributed by atoms with Crippen LogP contribution in [0.3, 0.4) is 0 Å². The van der Waals surface area contributed by atoms with Crippen LogP contribution < -0.4 is 5.32 Å². The summed E-state index contributed by atoms with van der Waals surface area (Å²) in [5, 5.41) is 3.50. The molecular weight excluding hydrogens is 309 g/mol. The lowest BCUT2D eigenvalue weighted by Crippen LogP contribution is -2.10. The van der Waals surface area contributed by atoms with Gasteiger partial charge in [-0.15, -0.1) is 0 Å². The molecular formula is C23H22FN. The predicted octanol–water partition coefficient (Wildman–Crippen LogP) is 6.17. The fourth-order valence-corrected chi connectivity index (χ4v) is 2.78. The monoisotopic (exact) mass is 331 g/mol. The maximum atomic E-state index is 13.1. The second-order valence-corrected chi connectivity index (χ2v) is 6.01. The molecule has 3 aromatic carbocycles. The van der Waals surface area contributed by atoms with Crippen molar-refractivity contribution in [2.45, 2.75) is 18.9 Å². The number of allylic oxidation sites excluding steroid dienone is 1. The molecule has 0 aliphatic heterocycles. The topological polar surface area (TPSA) is 12.0 Å². The molecule has 3 aromatic rings. The number of anilines is 1. The second kappa shape index (κ2) is 8.84. The lowest BCUT2D eigenvalue weighted by Gasteiger charge is -2.19. The maximum absolute atomic E-state index is 13.1. The Hall–Kier alpha value is -2.87. The summed E-state index contributed by atoms with van der Waals surface area (Å²) in [7, 11) is 0. The van der Waals surface area contributed by atoms with Crippen molar-refractivity contribution in [3.8, 4) is 0 Å². The smallest absolute Gasteiger partial charge is 0.123 e. The number of nitrogens with one attached hydrogen (secondary N) is 1. The van der Waals surface area contributed by atoms with Gasteiger partial charge in [0.2, 0.25) is 0 Å². The van der Waals surface area contributed by atoms with Crippen molar-refractivity contribution in [1.82, 2.24) is 0 Å².